The molecule has 0 saturated heterocycles. The first-order valence-electron chi connectivity index (χ1n) is 9.56. The van der Waals surface area contributed by atoms with E-state index in [2.05, 4.69) is 10.3 Å². The largest absolute Gasteiger partial charge is 0.504 e. The van der Waals surface area contributed by atoms with Crippen LogP contribution in [0.3, 0.4) is 0 Å². The van der Waals surface area contributed by atoms with Crippen LogP contribution in [0.4, 0.5) is 0 Å². The number of methoxy groups -OCH3 is 2. The first-order valence-corrected chi connectivity index (χ1v) is 9.93. The number of nitrogens with zero attached hydrogens (tertiary/aromatic N) is 1. The van der Waals surface area contributed by atoms with Crippen LogP contribution in [0.2, 0.25) is 5.15 Å². The van der Waals surface area contributed by atoms with E-state index in [1.165, 1.54) is 7.11 Å². The Balaban J connectivity index is 1.50. The topological polar surface area (TPSA) is 72.8 Å². The summed E-state index contributed by atoms with van der Waals surface area (Å²) in [6.07, 6.45) is 2.49. The van der Waals surface area contributed by atoms with E-state index in [9.17, 15) is 5.11 Å². The number of nitrogens with one attached hydrogen (secondary N) is 1. The summed E-state index contributed by atoms with van der Waals surface area (Å²) in [4.78, 5) is 4.05. The van der Waals surface area contributed by atoms with Gasteiger partial charge in [0, 0.05) is 18.3 Å². The molecule has 0 amide bonds. The molecule has 30 heavy (non-hydrogen) atoms. The fourth-order valence-electron chi connectivity index (χ4n) is 2.95. The van der Waals surface area contributed by atoms with Crippen molar-refractivity contribution in [2.45, 2.75) is 19.6 Å². The summed E-state index contributed by atoms with van der Waals surface area (Å²) in [7, 11) is 3.16. The SMILES string of the molecule is COc1ccc(CCNCc2ccc(OCc3ccc(Cl)nc3)c(OC)c2)cc1O. The molecule has 0 spiro atoms. The third-order valence-corrected chi connectivity index (χ3v) is 4.80. The number of rotatable bonds is 10. The Morgan fingerprint density at radius 2 is 1.63 bits per heavy atom. The van der Waals surface area contributed by atoms with Gasteiger partial charge < -0.3 is 24.6 Å². The smallest absolute Gasteiger partial charge is 0.161 e. The summed E-state index contributed by atoms with van der Waals surface area (Å²) in [5.74, 6) is 1.99. The second kappa shape index (κ2) is 10.7. The van der Waals surface area contributed by atoms with Crippen molar-refractivity contribution in [3.05, 3.63) is 76.6 Å². The van der Waals surface area contributed by atoms with Gasteiger partial charge in [-0.2, -0.15) is 0 Å². The molecule has 0 radical (unpaired) electrons. The predicted molar refractivity (Wildman–Crippen MR) is 117 cm³/mol. The van der Waals surface area contributed by atoms with E-state index >= 15 is 0 Å². The summed E-state index contributed by atoms with van der Waals surface area (Å²) >= 11 is 5.81. The molecular formula is C23H25ClN2O4. The van der Waals surface area contributed by atoms with Crippen molar-refractivity contribution < 1.29 is 19.3 Å². The maximum Gasteiger partial charge on any atom is 0.161 e. The molecule has 0 bridgehead atoms. The highest BCUT2D eigenvalue weighted by molar-refractivity contribution is 6.29. The van der Waals surface area contributed by atoms with Gasteiger partial charge in [0.1, 0.15) is 11.8 Å². The molecule has 0 aliphatic carbocycles. The molecule has 2 N–H and O–H groups in total. The fourth-order valence-corrected chi connectivity index (χ4v) is 3.06. The van der Waals surface area contributed by atoms with Crippen LogP contribution in [0.5, 0.6) is 23.0 Å². The normalized spacial score (nSPS) is 10.6. The molecule has 2 aromatic carbocycles. The van der Waals surface area contributed by atoms with Crippen LogP contribution < -0.4 is 19.5 Å². The lowest BCUT2D eigenvalue weighted by Crippen LogP contribution is -2.16. The predicted octanol–water partition coefficient (Wildman–Crippen LogP) is 4.37. The number of aromatic hydroxyl groups is 1. The highest BCUT2D eigenvalue weighted by Crippen LogP contribution is 2.29. The zero-order valence-electron chi connectivity index (χ0n) is 17.0. The lowest BCUT2D eigenvalue weighted by Gasteiger charge is -2.13. The number of benzene rings is 2. The van der Waals surface area contributed by atoms with Crippen LogP contribution in [0, 0.1) is 0 Å². The van der Waals surface area contributed by atoms with Crippen molar-refractivity contribution in [1.82, 2.24) is 10.3 Å². The summed E-state index contributed by atoms with van der Waals surface area (Å²) < 4.78 is 16.4. The van der Waals surface area contributed by atoms with Gasteiger partial charge in [-0.25, -0.2) is 4.98 Å². The van der Waals surface area contributed by atoms with Gasteiger partial charge in [-0.3, -0.25) is 0 Å². The average molecular weight is 429 g/mol. The van der Waals surface area contributed by atoms with Crippen molar-refractivity contribution in [3.63, 3.8) is 0 Å². The van der Waals surface area contributed by atoms with Gasteiger partial charge >= 0.3 is 0 Å². The van der Waals surface area contributed by atoms with E-state index < -0.39 is 0 Å². The number of hydrogen-bond acceptors (Lipinski definition) is 6. The fraction of sp³-hybridized carbons (Fsp3) is 0.261. The number of aromatic nitrogens is 1. The van der Waals surface area contributed by atoms with Crippen molar-refractivity contribution in [2.75, 3.05) is 20.8 Å². The van der Waals surface area contributed by atoms with Crippen LogP contribution in [-0.2, 0) is 19.6 Å². The van der Waals surface area contributed by atoms with E-state index in [1.54, 1.807) is 31.5 Å². The van der Waals surface area contributed by atoms with Crippen molar-refractivity contribution in [1.29, 1.82) is 0 Å². The third kappa shape index (κ3) is 6.02. The minimum absolute atomic E-state index is 0.157. The minimum atomic E-state index is 0.157. The van der Waals surface area contributed by atoms with Gasteiger partial charge in [0.2, 0.25) is 0 Å². The molecule has 3 rings (SSSR count). The summed E-state index contributed by atoms with van der Waals surface area (Å²) in [6.45, 7) is 1.85. The molecular weight excluding hydrogens is 404 g/mol. The zero-order chi connectivity index (χ0) is 21.3. The maximum atomic E-state index is 9.86. The Hall–Kier alpha value is -2.96. The van der Waals surface area contributed by atoms with E-state index in [1.807, 2.05) is 30.3 Å². The number of ether oxygens (including phenoxy) is 3. The Bertz CT molecular complexity index is 964. The number of halogens is 1. The van der Waals surface area contributed by atoms with Crippen LogP contribution >= 0.6 is 11.6 Å². The lowest BCUT2D eigenvalue weighted by molar-refractivity contribution is 0.284. The van der Waals surface area contributed by atoms with Crippen molar-refractivity contribution >= 4 is 11.6 Å². The summed E-state index contributed by atoms with van der Waals surface area (Å²) in [6, 6.07) is 14.9. The summed E-state index contributed by atoms with van der Waals surface area (Å²) in [5, 5.41) is 13.7. The minimum Gasteiger partial charge on any atom is -0.504 e. The van der Waals surface area contributed by atoms with E-state index in [-0.39, 0.29) is 5.75 Å². The van der Waals surface area contributed by atoms with Gasteiger partial charge in [0.15, 0.2) is 23.0 Å². The molecule has 0 saturated carbocycles. The first-order chi connectivity index (χ1) is 14.6. The molecule has 6 nitrogen and oxygen atoms in total. The molecule has 0 fully saturated rings. The Morgan fingerprint density at radius 3 is 2.33 bits per heavy atom. The monoisotopic (exact) mass is 428 g/mol. The summed E-state index contributed by atoms with van der Waals surface area (Å²) in [5.41, 5.74) is 3.06. The molecule has 158 valence electrons. The van der Waals surface area contributed by atoms with Gasteiger partial charge in [0.25, 0.3) is 0 Å². The van der Waals surface area contributed by atoms with Gasteiger partial charge in [-0.05, 0) is 54.4 Å². The van der Waals surface area contributed by atoms with Gasteiger partial charge in [-0.1, -0.05) is 29.8 Å². The van der Waals surface area contributed by atoms with Crippen LogP contribution in [0.1, 0.15) is 16.7 Å². The maximum absolute atomic E-state index is 9.86. The molecule has 1 aromatic heterocycles. The highest BCUT2D eigenvalue weighted by atomic mass is 35.5. The third-order valence-electron chi connectivity index (χ3n) is 4.57. The van der Waals surface area contributed by atoms with E-state index in [0.717, 1.165) is 29.7 Å². The second-order valence-electron chi connectivity index (χ2n) is 6.70. The van der Waals surface area contributed by atoms with Crippen LogP contribution in [0.15, 0.2) is 54.7 Å². The Morgan fingerprint density at radius 1 is 0.900 bits per heavy atom. The van der Waals surface area contributed by atoms with Crippen molar-refractivity contribution in [3.8, 4) is 23.0 Å². The first kappa shape index (κ1) is 21.7. The lowest BCUT2D eigenvalue weighted by atomic mass is 10.1. The Kier molecular flexibility index (Phi) is 7.76. The zero-order valence-corrected chi connectivity index (χ0v) is 17.8. The quantitative estimate of drug-likeness (QED) is 0.369. The molecule has 0 unspecified atom stereocenters. The standard InChI is InChI=1S/C23H25ClN2O4/c1-28-20-6-3-16(11-19(20)27)9-10-25-13-17-4-7-21(22(12-17)29-2)30-15-18-5-8-23(24)26-14-18/h3-8,11-12,14,25,27H,9-10,13,15H2,1-2H3. The number of phenolic OH excluding ortho intramolecular Hbond substituents is 1. The molecule has 7 heteroatoms. The van der Waals surface area contributed by atoms with E-state index in [0.29, 0.717) is 35.6 Å². The Labute approximate surface area is 181 Å². The van der Waals surface area contributed by atoms with Crippen LogP contribution in [-0.4, -0.2) is 30.9 Å². The number of pyridine rings is 1. The molecule has 0 aliphatic heterocycles. The average Bonchev–Trinajstić information content (AvgIpc) is 2.76. The van der Waals surface area contributed by atoms with Gasteiger partial charge in [0.05, 0.1) is 14.2 Å². The number of phenols is 1. The molecule has 1 heterocycles. The number of hydrogen-bond donors (Lipinski definition) is 2. The molecule has 3 aromatic rings. The van der Waals surface area contributed by atoms with Crippen molar-refractivity contribution in [2.24, 2.45) is 0 Å². The molecule has 0 atom stereocenters. The second-order valence-corrected chi connectivity index (χ2v) is 7.08. The van der Waals surface area contributed by atoms with Gasteiger partial charge in [-0.15, -0.1) is 0 Å². The highest BCUT2D eigenvalue weighted by Gasteiger charge is 2.07. The van der Waals surface area contributed by atoms with E-state index in [4.69, 9.17) is 25.8 Å². The van der Waals surface area contributed by atoms with Crippen LogP contribution in [0.25, 0.3) is 0 Å². The molecule has 0 aliphatic rings.